The van der Waals surface area contributed by atoms with Crippen LogP contribution in [0.25, 0.3) is 0 Å². The summed E-state index contributed by atoms with van der Waals surface area (Å²) in [7, 11) is 0. The molecule has 0 spiro atoms. The van der Waals surface area contributed by atoms with Crippen molar-refractivity contribution in [3.05, 3.63) is 142 Å². The molecule has 4 aromatic carbocycles. The van der Waals surface area contributed by atoms with Crippen LogP contribution in [0.15, 0.2) is 103 Å². The number of nitrogens with one attached hydrogen (secondary N) is 2. The highest BCUT2D eigenvalue weighted by molar-refractivity contribution is 6.31. The second kappa shape index (κ2) is 23.5. The van der Waals surface area contributed by atoms with E-state index < -0.39 is 88.4 Å². The molecule has 1 aliphatic heterocycles. The molecule has 0 aliphatic carbocycles. The molecule has 4 aromatic rings. The van der Waals surface area contributed by atoms with Gasteiger partial charge in [-0.15, -0.1) is 0 Å². The lowest BCUT2D eigenvalue weighted by Gasteiger charge is -2.23. The van der Waals surface area contributed by atoms with Crippen LogP contribution in [-0.4, -0.2) is 70.3 Å². The van der Waals surface area contributed by atoms with E-state index >= 15 is 0 Å². The van der Waals surface area contributed by atoms with Gasteiger partial charge >= 0.3 is 36.3 Å². The third kappa shape index (κ3) is 17.4. The number of amides is 4. The molecule has 2 N–H and O–H groups in total. The number of hydroxylamine groups is 2. The summed E-state index contributed by atoms with van der Waals surface area (Å²) in [6, 6.07) is 25.1. The predicted molar refractivity (Wildman–Crippen MR) is 236 cm³/mol. The quantitative estimate of drug-likeness (QED) is 0.0654. The number of carbonyl (C=O) groups is 7. The number of esters is 2. The van der Waals surface area contributed by atoms with Crippen LogP contribution < -0.4 is 10.6 Å². The molecule has 15 nitrogen and oxygen atoms in total. The molecule has 0 radical (unpaired) electrons. The number of carbonyl (C=O) groups excluding carboxylic acids is 7. The number of aryl methyl sites for hydroxylation is 1. The Morgan fingerprint density at radius 2 is 1.04 bits per heavy atom. The molecular formula is C48H51ClF3N3O12. The normalized spacial score (nSPS) is 13.2. The Kier molecular flexibility index (Phi) is 18.5. The van der Waals surface area contributed by atoms with Crippen LogP contribution in [0, 0.1) is 0 Å². The summed E-state index contributed by atoms with van der Waals surface area (Å²) in [4.78, 5) is 91.8. The molecule has 0 aromatic heterocycles. The third-order valence-corrected chi connectivity index (χ3v) is 9.36. The van der Waals surface area contributed by atoms with Crippen LogP contribution in [0.3, 0.4) is 0 Å². The molecule has 358 valence electrons. The maximum absolute atomic E-state index is 12.9. The van der Waals surface area contributed by atoms with Gasteiger partial charge in [0.05, 0.1) is 28.1 Å². The van der Waals surface area contributed by atoms with E-state index in [1.165, 1.54) is 24.3 Å². The number of rotatable bonds is 15. The fourth-order valence-electron chi connectivity index (χ4n) is 5.97. The van der Waals surface area contributed by atoms with Crippen LogP contribution in [-0.2, 0) is 64.0 Å². The van der Waals surface area contributed by atoms with Crippen LogP contribution in [0.2, 0.25) is 5.02 Å². The van der Waals surface area contributed by atoms with Gasteiger partial charge in [-0.25, -0.2) is 24.0 Å². The van der Waals surface area contributed by atoms with Crippen LogP contribution in [0.5, 0.6) is 0 Å². The Labute approximate surface area is 390 Å². The van der Waals surface area contributed by atoms with Gasteiger partial charge in [0, 0.05) is 0 Å². The van der Waals surface area contributed by atoms with Crippen molar-refractivity contribution in [3.8, 4) is 0 Å². The zero-order valence-electron chi connectivity index (χ0n) is 37.6. The fraction of sp³-hybridized carbons (Fsp3) is 0.354. The summed E-state index contributed by atoms with van der Waals surface area (Å²) in [6.45, 7) is 10.0. The van der Waals surface area contributed by atoms with E-state index in [0.717, 1.165) is 17.2 Å². The number of alkyl carbamates (subject to hydrolysis) is 2. The molecule has 67 heavy (non-hydrogen) atoms. The molecule has 0 bridgehead atoms. The molecule has 4 amide bonds. The third-order valence-electron chi connectivity index (χ3n) is 9.05. The highest BCUT2D eigenvalue weighted by atomic mass is 35.5. The molecule has 2 atom stereocenters. The first-order valence-corrected chi connectivity index (χ1v) is 21.2. The van der Waals surface area contributed by atoms with Gasteiger partial charge in [-0.1, -0.05) is 95.5 Å². The maximum Gasteiger partial charge on any atom is 0.417 e. The number of halogens is 4. The number of benzene rings is 4. The smallest absolute Gasteiger partial charge is 0.417 e. The minimum atomic E-state index is -4.56. The van der Waals surface area contributed by atoms with Crippen molar-refractivity contribution in [2.75, 3.05) is 0 Å². The van der Waals surface area contributed by atoms with Gasteiger partial charge in [0.25, 0.3) is 11.8 Å². The van der Waals surface area contributed by atoms with Gasteiger partial charge in [0.15, 0.2) is 0 Å². The topological polar surface area (TPSA) is 193 Å². The minimum Gasteiger partial charge on any atom is -0.459 e. The second-order valence-corrected chi connectivity index (χ2v) is 17.3. The number of hydrogen-bond donors (Lipinski definition) is 2. The highest BCUT2D eigenvalue weighted by Gasteiger charge is 2.39. The number of nitrogens with zero attached hydrogens (tertiary/aromatic N) is 1. The van der Waals surface area contributed by atoms with Crippen LogP contribution in [0.4, 0.5) is 22.8 Å². The minimum absolute atomic E-state index is 0.0122. The van der Waals surface area contributed by atoms with Gasteiger partial charge < -0.3 is 34.4 Å². The summed E-state index contributed by atoms with van der Waals surface area (Å²) >= 11 is 5.77. The zero-order valence-corrected chi connectivity index (χ0v) is 38.3. The molecule has 1 aliphatic rings. The van der Waals surface area contributed by atoms with Gasteiger partial charge in [0.1, 0.15) is 36.5 Å². The second-order valence-electron chi connectivity index (χ2n) is 16.9. The summed E-state index contributed by atoms with van der Waals surface area (Å²) in [5.74, 6) is -3.92. The average molecular weight is 954 g/mol. The Bertz CT molecular complexity index is 2350. The van der Waals surface area contributed by atoms with E-state index in [1.54, 1.807) is 102 Å². The first-order valence-electron chi connectivity index (χ1n) is 20.8. The van der Waals surface area contributed by atoms with Crippen molar-refractivity contribution in [1.82, 2.24) is 15.7 Å². The van der Waals surface area contributed by atoms with E-state index in [4.69, 9.17) is 35.4 Å². The molecule has 19 heteroatoms. The predicted octanol–water partition coefficient (Wildman–Crippen LogP) is 9.09. The monoisotopic (exact) mass is 953 g/mol. The van der Waals surface area contributed by atoms with Crippen molar-refractivity contribution in [1.29, 1.82) is 0 Å². The largest absolute Gasteiger partial charge is 0.459 e. The SMILES string of the molecule is CC(C)(C)OC(=O)N[C@@H](CCC(=O)ON1C(=O)c2ccccc2C1=O)C(=O)OCc1ccccc1.CC(C)(C)OC(=O)N[C@@H](CCc1ccc(C(F)(F)F)c(Cl)c1)C(=O)OCc1ccccc1. The molecule has 0 saturated carbocycles. The van der Waals surface area contributed by atoms with E-state index in [-0.39, 0.29) is 43.6 Å². The van der Waals surface area contributed by atoms with E-state index in [0.29, 0.717) is 10.6 Å². The zero-order chi connectivity index (χ0) is 49.5. The lowest BCUT2D eigenvalue weighted by Crippen LogP contribution is -2.44. The lowest BCUT2D eigenvalue weighted by atomic mass is 10.0. The number of hydrogen-bond acceptors (Lipinski definition) is 12. The average Bonchev–Trinajstić information content (AvgIpc) is 3.48. The first kappa shape index (κ1) is 52.7. The number of alkyl halides is 3. The molecule has 0 saturated heterocycles. The Hall–Kier alpha value is -6.95. The molecular weight excluding hydrogens is 903 g/mol. The number of imide groups is 1. The summed E-state index contributed by atoms with van der Waals surface area (Å²) in [5, 5.41) is 4.83. The van der Waals surface area contributed by atoms with Crippen molar-refractivity contribution in [3.63, 3.8) is 0 Å². The van der Waals surface area contributed by atoms with Gasteiger partial charge in [-0.05, 0) is 102 Å². The summed E-state index contributed by atoms with van der Waals surface area (Å²) < 4.78 is 59.7. The number of fused-ring (bicyclic) bond motifs is 1. The number of ether oxygens (including phenoxy) is 4. The van der Waals surface area contributed by atoms with Crippen LogP contribution in [0.1, 0.15) is 104 Å². The molecule has 0 fully saturated rings. The van der Waals surface area contributed by atoms with Crippen molar-refractivity contribution < 1.29 is 70.5 Å². The van der Waals surface area contributed by atoms with Gasteiger partial charge in [-0.2, -0.15) is 13.2 Å². The molecule has 0 unspecified atom stereocenters. The van der Waals surface area contributed by atoms with Crippen LogP contribution >= 0.6 is 11.6 Å². The van der Waals surface area contributed by atoms with Crippen molar-refractivity contribution in [2.24, 2.45) is 0 Å². The van der Waals surface area contributed by atoms with E-state index in [9.17, 15) is 46.7 Å². The summed E-state index contributed by atoms with van der Waals surface area (Å²) in [6.07, 6.45) is -6.58. The van der Waals surface area contributed by atoms with E-state index in [1.807, 2.05) is 12.1 Å². The van der Waals surface area contributed by atoms with E-state index in [2.05, 4.69) is 10.6 Å². The Balaban J connectivity index is 0.000000294. The van der Waals surface area contributed by atoms with Gasteiger partial charge in [0.2, 0.25) is 0 Å². The van der Waals surface area contributed by atoms with Crippen molar-refractivity contribution in [2.45, 2.75) is 110 Å². The highest BCUT2D eigenvalue weighted by Crippen LogP contribution is 2.35. The maximum atomic E-state index is 12.9. The Morgan fingerprint density at radius 3 is 1.46 bits per heavy atom. The standard InChI is InChI=1S/C25H26N2O8.C23H25ClF3NO4/c1-25(2,3)34-24(32)26-19(23(31)33-15-16-9-5-4-6-10-16)13-14-20(28)35-27-21(29)17-11-7-8-12-18(17)22(27)30;1-22(2,3)32-21(30)28-19(20(29)31-14-16-7-5-4-6-8-16)12-10-15-9-11-17(18(24)13-15)23(25,26)27/h4-12,19H,13-15H2,1-3H3,(H,26,32);4-9,11,13,19H,10,12,14H2,1-3H3,(H,28,30)/t2*19-/m00/s1. The molecule has 5 rings (SSSR count). The Morgan fingerprint density at radius 1 is 0.612 bits per heavy atom. The lowest BCUT2D eigenvalue weighted by molar-refractivity contribution is -0.169. The van der Waals surface area contributed by atoms with Crippen molar-refractivity contribution >= 4 is 53.5 Å². The summed E-state index contributed by atoms with van der Waals surface area (Å²) in [5.41, 5.74) is -0.286. The fourth-order valence-corrected chi connectivity index (χ4v) is 6.28. The first-order chi connectivity index (χ1) is 31.4. The van der Waals surface area contributed by atoms with Gasteiger partial charge in [-0.3, -0.25) is 9.59 Å². The molecule has 1 heterocycles.